The Kier molecular flexibility index (Phi) is 4.07. The van der Waals surface area contributed by atoms with E-state index in [1.54, 1.807) is 18.3 Å². The van der Waals surface area contributed by atoms with Gasteiger partial charge in [-0.05, 0) is 29.0 Å². The Balaban J connectivity index is 1.62. The molecule has 0 aliphatic heterocycles. The third kappa shape index (κ3) is 3.00. The van der Waals surface area contributed by atoms with Gasteiger partial charge in [-0.2, -0.15) is 0 Å². The summed E-state index contributed by atoms with van der Waals surface area (Å²) in [5, 5.41) is 10.7. The van der Waals surface area contributed by atoms with Crippen LogP contribution in [0.3, 0.4) is 0 Å². The lowest BCUT2D eigenvalue weighted by atomic mass is 10.1. The van der Waals surface area contributed by atoms with Gasteiger partial charge >= 0.3 is 5.97 Å². The second-order valence-electron chi connectivity index (χ2n) is 5.65. The maximum Gasteiger partial charge on any atom is 0.339 e. The number of rotatable bonds is 3. The third-order valence-electron chi connectivity index (χ3n) is 4.02. The molecular formula is C20H14N4O2. The molecule has 0 aliphatic rings. The number of hydrogen-bond acceptors (Lipinski definition) is 6. The van der Waals surface area contributed by atoms with Crippen molar-refractivity contribution in [3.63, 3.8) is 0 Å². The quantitative estimate of drug-likeness (QED) is 0.530. The molecule has 0 fully saturated rings. The SMILES string of the molecule is COC(=O)c1ccc(-c2ncc(-c3ccc4ccccc4c3)nn2)nc1. The number of carbonyl (C=O) groups is 1. The normalized spacial score (nSPS) is 10.7. The molecule has 0 saturated heterocycles. The van der Waals surface area contributed by atoms with E-state index >= 15 is 0 Å². The van der Waals surface area contributed by atoms with Crippen LogP contribution in [0, 0.1) is 0 Å². The highest BCUT2D eigenvalue weighted by Crippen LogP contribution is 2.23. The van der Waals surface area contributed by atoms with Gasteiger partial charge in [-0.15, -0.1) is 10.2 Å². The monoisotopic (exact) mass is 342 g/mol. The second kappa shape index (κ2) is 6.68. The maximum atomic E-state index is 11.5. The van der Waals surface area contributed by atoms with Gasteiger partial charge in [0.05, 0.1) is 18.9 Å². The molecule has 0 atom stereocenters. The zero-order chi connectivity index (χ0) is 17.9. The number of hydrogen-bond donors (Lipinski definition) is 0. The van der Waals surface area contributed by atoms with E-state index in [1.165, 1.54) is 18.7 Å². The highest BCUT2D eigenvalue weighted by molar-refractivity contribution is 5.89. The predicted molar refractivity (Wildman–Crippen MR) is 97.3 cm³/mol. The number of nitrogens with zero attached hydrogens (tertiary/aromatic N) is 4. The first-order valence-electron chi connectivity index (χ1n) is 7.98. The topological polar surface area (TPSA) is 77.9 Å². The van der Waals surface area contributed by atoms with Crippen LogP contribution in [-0.2, 0) is 4.74 Å². The Labute approximate surface area is 149 Å². The highest BCUT2D eigenvalue weighted by Gasteiger charge is 2.09. The van der Waals surface area contributed by atoms with Crippen molar-refractivity contribution in [2.75, 3.05) is 7.11 Å². The summed E-state index contributed by atoms with van der Waals surface area (Å²) >= 11 is 0. The minimum Gasteiger partial charge on any atom is -0.465 e. The standard InChI is InChI=1S/C20H14N4O2/c1-26-20(25)16-8-9-17(21-11-16)19-22-12-18(23-24-19)15-7-6-13-4-2-3-5-14(13)10-15/h2-12H,1H3. The van der Waals surface area contributed by atoms with Crippen LogP contribution in [-0.4, -0.2) is 33.2 Å². The number of esters is 1. The van der Waals surface area contributed by atoms with Crippen molar-refractivity contribution in [3.05, 3.63) is 72.6 Å². The largest absolute Gasteiger partial charge is 0.465 e. The van der Waals surface area contributed by atoms with Crippen molar-refractivity contribution >= 4 is 16.7 Å². The summed E-state index contributed by atoms with van der Waals surface area (Å²) in [5.41, 5.74) is 2.54. The molecule has 0 radical (unpaired) electrons. The minimum absolute atomic E-state index is 0.372. The Morgan fingerprint density at radius 3 is 2.38 bits per heavy atom. The molecule has 26 heavy (non-hydrogen) atoms. The maximum absolute atomic E-state index is 11.5. The fraction of sp³-hybridized carbons (Fsp3) is 0.0500. The number of aromatic nitrogens is 4. The highest BCUT2D eigenvalue weighted by atomic mass is 16.5. The van der Waals surface area contributed by atoms with Gasteiger partial charge in [-0.1, -0.05) is 36.4 Å². The minimum atomic E-state index is -0.435. The third-order valence-corrected chi connectivity index (χ3v) is 4.02. The lowest BCUT2D eigenvalue weighted by molar-refractivity contribution is 0.0600. The number of benzene rings is 2. The molecule has 2 aromatic carbocycles. The average Bonchev–Trinajstić information content (AvgIpc) is 2.73. The molecule has 6 heteroatoms. The van der Waals surface area contributed by atoms with E-state index in [2.05, 4.69) is 43.1 Å². The summed E-state index contributed by atoms with van der Waals surface area (Å²) in [7, 11) is 1.33. The molecule has 0 amide bonds. The van der Waals surface area contributed by atoms with Gasteiger partial charge in [0, 0.05) is 11.8 Å². The summed E-state index contributed by atoms with van der Waals surface area (Å²) < 4.78 is 4.65. The smallest absolute Gasteiger partial charge is 0.339 e. The summed E-state index contributed by atoms with van der Waals surface area (Å²) in [5.74, 6) is -0.0410. The van der Waals surface area contributed by atoms with Gasteiger partial charge in [-0.25, -0.2) is 9.78 Å². The average molecular weight is 342 g/mol. The van der Waals surface area contributed by atoms with Crippen LogP contribution in [0.1, 0.15) is 10.4 Å². The van der Waals surface area contributed by atoms with Gasteiger partial charge in [0.1, 0.15) is 11.4 Å². The molecule has 4 rings (SSSR count). The molecule has 4 aromatic rings. The lowest BCUT2D eigenvalue weighted by Gasteiger charge is -2.04. The number of methoxy groups -OCH3 is 1. The first-order chi connectivity index (χ1) is 12.7. The molecule has 2 aromatic heterocycles. The molecule has 2 heterocycles. The summed E-state index contributed by atoms with van der Waals surface area (Å²) in [6, 6.07) is 17.5. The fourth-order valence-corrected chi connectivity index (χ4v) is 2.64. The zero-order valence-corrected chi connectivity index (χ0v) is 14.0. The second-order valence-corrected chi connectivity index (χ2v) is 5.65. The molecule has 0 saturated carbocycles. The van der Waals surface area contributed by atoms with Crippen molar-refractivity contribution in [2.45, 2.75) is 0 Å². The first-order valence-corrected chi connectivity index (χ1v) is 7.98. The van der Waals surface area contributed by atoms with Gasteiger partial charge in [0.25, 0.3) is 0 Å². The first kappa shape index (κ1) is 15.8. The van der Waals surface area contributed by atoms with E-state index in [0.29, 0.717) is 22.8 Å². The van der Waals surface area contributed by atoms with Crippen LogP contribution in [0.5, 0.6) is 0 Å². The van der Waals surface area contributed by atoms with E-state index in [1.807, 2.05) is 24.3 Å². The summed E-state index contributed by atoms with van der Waals surface area (Å²) in [6.07, 6.45) is 3.10. The number of pyridine rings is 1. The molecule has 126 valence electrons. The number of carbonyl (C=O) groups excluding carboxylic acids is 1. The van der Waals surface area contributed by atoms with Crippen molar-refractivity contribution in [2.24, 2.45) is 0 Å². The van der Waals surface area contributed by atoms with Crippen molar-refractivity contribution in [3.8, 4) is 22.8 Å². The summed E-state index contributed by atoms with van der Waals surface area (Å²) in [4.78, 5) is 20.0. The predicted octanol–water partition coefficient (Wildman–Crippen LogP) is 3.54. The molecule has 0 N–H and O–H groups in total. The van der Waals surface area contributed by atoms with E-state index in [0.717, 1.165) is 10.9 Å². The zero-order valence-electron chi connectivity index (χ0n) is 14.0. The van der Waals surface area contributed by atoms with Crippen molar-refractivity contribution in [1.29, 1.82) is 0 Å². The molecule has 0 bridgehead atoms. The van der Waals surface area contributed by atoms with Gasteiger partial charge in [0.15, 0.2) is 5.82 Å². The van der Waals surface area contributed by atoms with Crippen LogP contribution >= 0.6 is 0 Å². The van der Waals surface area contributed by atoms with Crippen LogP contribution in [0.4, 0.5) is 0 Å². The fourth-order valence-electron chi connectivity index (χ4n) is 2.64. The number of ether oxygens (including phenoxy) is 1. The van der Waals surface area contributed by atoms with Crippen molar-refractivity contribution in [1.82, 2.24) is 20.2 Å². The van der Waals surface area contributed by atoms with Crippen LogP contribution in [0.15, 0.2) is 67.0 Å². The Morgan fingerprint density at radius 2 is 1.69 bits per heavy atom. The Bertz CT molecular complexity index is 1080. The van der Waals surface area contributed by atoms with E-state index in [9.17, 15) is 4.79 Å². The Hall–Kier alpha value is -3.67. The molecule has 0 spiro atoms. The van der Waals surface area contributed by atoms with Gasteiger partial charge in [0.2, 0.25) is 0 Å². The summed E-state index contributed by atoms with van der Waals surface area (Å²) in [6.45, 7) is 0. The van der Waals surface area contributed by atoms with Gasteiger partial charge < -0.3 is 4.74 Å². The van der Waals surface area contributed by atoms with Crippen molar-refractivity contribution < 1.29 is 9.53 Å². The van der Waals surface area contributed by atoms with E-state index in [4.69, 9.17) is 0 Å². The lowest BCUT2D eigenvalue weighted by Crippen LogP contribution is -2.02. The van der Waals surface area contributed by atoms with Crippen LogP contribution in [0.25, 0.3) is 33.5 Å². The molecule has 0 unspecified atom stereocenters. The number of fused-ring (bicyclic) bond motifs is 1. The molecular weight excluding hydrogens is 328 g/mol. The van der Waals surface area contributed by atoms with Gasteiger partial charge in [-0.3, -0.25) is 4.98 Å². The van der Waals surface area contributed by atoms with E-state index in [-0.39, 0.29) is 0 Å². The van der Waals surface area contributed by atoms with Crippen LogP contribution in [0.2, 0.25) is 0 Å². The molecule has 0 aliphatic carbocycles. The Morgan fingerprint density at radius 1 is 0.846 bits per heavy atom. The van der Waals surface area contributed by atoms with E-state index < -0.39 is 5.97 Å². The molecule has 6 nitrogen and oxygen atoms in total. The van der Waals surface area contributed by atoms with Crippen LogP contribution < -0.4 is 0 Å².